The van der Waals surface area contributed by atoms with Gasteiger partial charge in [0.05, 0.1) is 17.1 Å². The Morgan fingerprint density at radius 3 is 2.48 bits per heavy atom. The molecule has 3 atom stereocenters. The lowest BCUT2D eigenvalue weighted by Gasteiger charge is -2.26. The third-order valence-electron chi connectivity index (χ3n) is 5.08. The minimum absolute atomic E-state index is 0.0165. The normalized spacial score (nSPS) is 31.4. The van der Waals surface area contributed by atoms with Crippen LogP contribution in [0.2, 0.25) is 5.02 Å². The lowest BCUT2D eigenvalue weighted by Crippen LogP contribution is -2.90. The quantitative estimate of drug-likeness (QED) is 0.426. The molecular formula is C15H13ClN5O4+. The number of fused-ring (bicyclic) bond motifs is 1. The molecule has 0 radical (unpaired) electrons. The molecule has 0 amide bonds. The molecule has 1 aliphatic carbocycles. The van der Waals surface area contributed by atoms with Gasteiger partial charge >= 0.3 is 5.91 Å². The predicted molar refractivity (Wildman–Crippen MR) is 83.8 cm³/mol. The summed E-state index contributed by atoms with van der Waals surface area (Å²) in [6.07, 6.45) is 0. The summed E-state index contributed by atoms with van der Waals surface area (Å²) in [5.74, 6) is -2.42. The number of rotatable bonds is 4. The van der Waals surface area contributed by atoms with Crippen LogP contribution in [-0.4, -0.2) is 30.9 Å². The van der Waals surface area contributed by atoms with Crippen molar-refractivity contribution in [3.05, 3.63) is 38.9 Å². The van der Waals surface area contributed by atoms with Gasteiger partial charge in [0.15, 0.2) is 10.8 Å². The number of methoxy groups -OCH3 is 2. The highest BCUT2D eigenvalue weighted by Gasteiger charge is 2.97. The average Bonchev–Trinajstić information content (AvgIpc) is 3.18. The number of nitrogens with two attached hydrogens (primary N) is 1. The van der Waals surface area contributed by atoms with Gasteiger partial charge in [0.2, 0.25) is 0 Å². The first kappa shape index (κ1) is 17.1. The molecule has 0 unspecified atom stereocenters. The second-order valence-electron chi connectivity index (χ2n) is 5.80. The minimum atomic E-state index is -1.65. The number of ether oxygens (including phenoxy) is 2. The van der Waals surface area contributed by atoms with Gasteiger partial charge in [0.1, 0.15) is 5.02 Å². The standard InChI is InChI=1S/C15H12ClN5O4/c1-24-15(25-2)14(7-18)11(13(14,6-17)12(19)20-15)8-3-4-9(16)10(5-8)21(22)23/h3-5,11H,1-2H3,(H2,19,20)/p+1/t11-,13+,14+/m0/s1. The second-order valence-corrected chi connectivity index (χ2v) is 6.21. The van der Waals surface area contributed by atoms with Crippen LogP contribution in [0.15, 0.2) is 18.2 Å². The Kier molecular flexibility index (Phi) is 3.52. The molecule has 128 valence electrons. The largest absolute Gasteiger partial charge is 0.342 e. The van der Waals surface area contributed by atoms with Gasteiger partial charge in [-0.1, -0.05) is 17.7 Å². The Labute approximate surface area is 147 Å². The molecule has 0 spiro atoms. The van der Waals surface area contributed by atoms with Crippen molar-refractivity contribution in [1.82, 2.24) is 0 Å². The third-order valence-corrected chi connectivity index (χ3v) is 5.40. The molecule has 25 heavy (non-hydrogen) atoms. The molecule has 0 bridgehead atoms. The first-order valence-electron chi connectivity index (χ1n) is 7.09. The molecule has 1 heterocycles. The van der Waals surface area contributed by atoms with Crippen LogP contribution < -0.4 is 10.7 Å². The van der Waals surface area contributed by atoms with E-state index >= 15 is 0 Å². The number of hydrogen-bond donors (Lipinski definition) is 2. The topological polar surface area (TPSA) is 149 Å². The van der Waals surface area contributed by atoms with E-state index in [0.29, 0.717) is 5.56 Å². The second kappa shape index (κ2) is 5.14. The van der Waals surface area contributed by atoms with Gasteiger partial charge in [-0.2, -0.15) is 10.5 Å². The molecule has 3 N–H and O–H groups in total. The van der Waals surface area contributed by atoms with E-state index in [1.54, 1.807) is 0 Å². The number of nitriles is 2. The van der Waals surface area contributed by atoms with Gasteiger partial charge in [-0.15, -0.1) is 0 Å². The zero-order valence-corrected chi connectivity index (χ0v) is 14.0. The van der Waals surface area contributed by atoms with E-state index in [1.165, 1.54) is 32.4 Å². The van der Waals surface area contributed by atoms with E-state index < -0.39 is 27.6 Å². The minimum Gasteiger partial charge on any atom is -0.317 e. The molecule has 1 fully saturated rings. The van der Waals surface area contributed by atoms with Gasteiger partial charge in [-0.25, -0.2) is 4.99 Å². The van der Waals surface area contributed by atoms with Crippen molar-refractivity contribution in [3.63, 3.8) is 0 Å². The van der Waals surface area contributed by atoms with Crippen molar-refractivity contribution in [3.8, 4) is 12.1 Å². The number of amidine groups is 1. The Balaban J connectivity index is 2.25. The number of nitro groups is 1. The van der Waals surface area contributed by atoms with Crippen LogP contribution in [-0.2, 0) is 9.47 Å². The van der Waals surface area contributed by atoms with Crippen LogP contribution in [0.4, 0.5) is 5.69 Å². The van der Waals surface area contributed by atoms with Crippen molar-refractivity contribution < 1.29 is 19.4 Å². The maximum Gasteiger partial charge on any atom is 0.342 e. The van der Waals surface area contributed by atoms with Crippen molar-refractivity contribution in [2.24, 2.45) is 16.6 Å². The summed E-state index contributed by atoms with van der Waals surface area (Å²) in [4.78, 5) is 13.3. The number of nitrogens with zero attached hydrogens (tertiary/aromatic N) is 3. The van der Waals surface area contributed by atoms with Crippen molar-refractivity contribution in [2.45, 2.75) is 11.8 Å². The van der Waals surface area contributed by atoms with E-state index in [9.17, 15) is 20.6 Å². The monoisotopic (exact) mass is 362 g/mol. The molecular weight excluding hydrogens is 350 g/mol. The molecule has 1 aromatic carbocycles. The van der Waals surface area contributed by atoms with E-state index in [1.807, 2.05) is 0 Å². The van der Waals surface area contributed by atoms with E-state index in [4.69, 9.17) is 26.8 Å². The maximum absolute atomic E-state index is 11.2. The smallest absolute Gasteiger partial charge is 0.317 e. The molecule has 9 nitrogen and oxygen atoms in total. The van der Waals surface area contributed by atoms with Crippen molar-refractivity contribution >= 4 is 23.1 Å². The van der Waals surface area contributed by atoms with Gasteiger partial charge < -0.3 is 9.47 Å². The lowest BCUT2D eigenvalue weighted by atomic mass is 9.93. The highest BCUT2D eigenvalue weighted by molar-refractivity contribution is 6.32. The van der Waals surface area contributed by atoms with E-state index in [0.717, 1.165) is 0 Å². The Morgan fingerprint density at radius 2 is 2.00 bits per heavy atom. The zero-order chi connectivity index (χ0) is 18.6. The SMILES string of the molecule is COC1(OC)[NH+]=C(N)[C@@]2(C#N)[C@H](c3ccc(Cl)c([N+](=O)[O-])c3)[C@@]12C#N. The molecule has 1 aromatic rings. The van der Waals surface area contributed by atoms with Crippen molar-refractivity contribution in [2.75, 3.05) is 14.2 Å². The number of nitrogens with one attached hydrogen (secondary N) is 1. The van der Waals surface area contributed by atoms with Crippen LogP contribution >= 0.6 is 11.6 Å². The summed E-state index contributed by atoms with van der Waals surface area (Å²) < 4.78 is 10.8. The van der Waals surface area contributed by atoms with Gasteiger partial charge in [-0.3, -0.25) is 15.8 Å². The van der Waals surface area contributed by atoms with E-state index in [2.05, 4.69) is 17.1 Å². The third kappa shape index (κ3) is 1.65. The summed E-state index contributed by atoms with van der Waals surface area (Å²) in [5, 5.41) is 30.8. The Hall–Kier alpha value is -2.72. The first-order valence-corrected chi connectivity index (χ1v) is 7.47. The van der Waals surface area contributed by atoms with E-state index in [-0.39, 0.29) is 16.5 Å². The molecule has 1 aliphatic heterocycles. The lowest BCUT2D eigenvalue weighted by molar-refractivity contribution is -0.687. The molecule has 10 heteroatoms. The van der Waals surface area contributed by atoms with Crippen LogP contribution in [0.25, 0.3) is 0 Å². The van der Waals surface area contributed by atoms with Crippen molar-refractivity contribution in [1.29, 1.82) is 10.5 Å². The molecule has 0 aromatic heterocycles. The number of halogens is 1. The highest BCUT2D eigenvalue weighted by atomic mass is 35.5. The molecule has 0 saturated heterocycles. The molecule has 1 saturated carbocycles. The van der Waals surface area contributed by atoms with Crippen LogP contribution in [0.1, 0.15) is 11.5 Å². The van der Waals surface area contributed by atoms with Crippen LogP contribution in [0.3, 0.4) is 0 Å². The molecule has 2 aliphatic rings. The fourth-order valence-electron chi connectivity index (χ4n) is 3.96. The Morgan fingerprint density at radius 1 is 1.36 bits per heavy atom. The van der Waals surface area contributed by atoms with Crippen LogP contribution in [0, 0.1) is 43.6 Å². The molecule has 3 rings (SSSR count). The number of benzene rings is 1. The summed E-state index contributed by atoms with van der Waals surface area (Å²) in [6, 6.07) is 8.31. The summed E-state index contributed by atoms with van der Waals surface area (Å²) in [7, 11) is 2.63. The highest BCUT2D eigenvalue weighted by Crippen LogP contribution is 2.78. The van der Waals surface area contributed by atoms with Gasteiger partial charge in [0.25, 0.3) is 11.5 Å². The fourth-order valence-corrected chi connectivity index (χ4v) is 4.15. The van der Waals surface area contributed by atoms with Gasteiger partial charge in [0, 0.05) is 26.2 Å². The summed E-state index contributed by atoms with van der Waals surface area (Å²) >= 11 is 5.85. The fraction of sp³-hybridized carbons (Fsp3) is 0.400. The predicted octanol–water partition coefficient (Wildman–Crippen LogP) is -0.237. The maximum atomic E-state index is 11.2. The summed E-state index contributed by atoms with van der Waals surface area (Å²) in [5.41, 5.74) is 3.12. The summed E-state index contributed by atoms with van der Waals surface area (Å²) in [6.45, 7) is 0. The Bertz CT molecular complexity index is 900. The average molecular weight is 363 g/mol. The first-order chi connectivity index (χ1) is 11.8. The number of hydrogen-bond acceptors (Lipinski definition) is 7. The number of nitro benzene ring substituents is 1. The zero-order valence-electron chi connectivity index (χ0n) is 13.2. The van der Waals surface area contributed by atoms with Crippen LogP contribution in [0.5, 0.6) is 0 Å². The van der Waals surface area contributed by atoms with Gasteiger partial charge in [-0.05, 0) is 11.6 Å².